The van der Waals surface area contributed by atoms with E-state index in [9.17, 15) is 22.8 Å². The standard InChI is InChI=1S/C18H24F3N3O2/c1-13-5-7-14(8-6-13)15(22(2)3)16(25)23-9-4-10-24(12-11-23)17(26)18(19,20)21/h5-8,15H,4,9-12H2,1-3H3. The average molecular weight is 371 g/mol. The van der Waals surface area contributed by atoms with Crippen LogP contribution >= 0.6 is 0 Å². The highest BCUT2D eigenvalue weighted by Gasteiger charge is 2.43. The maximum atomic E-state index is 13.0. The van der Waals surface area contributed by atoms with Crippen molar-refractivity contribution in [3.05, 3.63) is 35.4 Å². The molecule has 1 saturated heterocycles. The first-order valence-corrected chi connectivity index (χ1v) is 8.49. The molecule has 1 aromatic rings. The molecule has 144 valence electrons. The fraction of sp³-hybridized carbons (Fsp3) is 0.556. The topological polar surface area (TPSA) is 43.9 Å². The van der Waals surface area contributed by atoms with E-state index >= 15 is 0 Å². The first-order chi connectivity index (χ1) is 12.1. The van der Waals surface area contributed by atoms with Gasteiger partial charge in [-0.05, 0) is 33.0 Å². The number of benzene rings is 1. The number of rotatable bonds is 3. The zero-order chi connectivity index (χ0) is 19.5. The molecule has 1 unspecified atom stereocenters. The minimum Gasteiger partial charge on any atom is -0.339 e. The predicted molar refractivity (Wildman–Crippen MR) is 91.4 cm³/mol. The summed E-state index contributed by atoms with van der Waals surface area (Å²) in [6, 6.07) is 7.10. The lowest BCUT2D eigenvalue weighted by Crippen LogP contribution is -2.45. The Kier molecular flexibility index (Phi) is 6.28. The van der Waals surface area contributed by atoms with E-state index in [2.05, 4.69) is 0 Å². The molecular weight excluding hydrogens is 347 g/mol. The third-order valence-corrected chi connectivity index (χ3v) is 4.48. The lowest BCUT2D eigenvalue weighted by atomic mass is 10.0. The van der Waals surface area contributed by atoms with Gasteiger partial charge in [-0.2, -0.15) is 13.2 Å². The van der Waals surface area contributed by atoms with E-state index in [1.807, 2.05) is 31.2 Å². The zero-order valence-corrected chi connectivity index (χ0v) is 15.2. The van der Waals surface area contributed by atoms with E-state index in [4.69, 9.17) is 0 Å². The van der Waals surface area contributed by atoms with Crippen molar-refractivity contribution in [2.24, 2.45) is 0 Å². The first kappa shape index (κ1) is 20.2. The minimum absolute atomic E-state index is 0.000708. The van der Waals surface area contributed by atoms with E-state index in [0.29, 0.717) is 13.0 Å². The fourth-order valence-corrected chi connectivity index (χ4v) is 3.10. The summed E-state index contributed by atoms with van der Waals surface area (Å²) in [4.78, 5) is 28.6. The molecule has 0 saturated carbocycles. The number of likely N-dealkylation sites (N-methyl/N-ethyl adjacent to an activating group) is 1. The molecule has 1 aliphatic rings. The molecule has 0 radical (unpaired) electrons. The summed E-state index contributed by atoms with van der Waals surface area (Å²) >= 11 is 0. The molecule has 0 bridgehead atoms. The second-order valence-electron chi connectivity index (χ2n) is 6.75. The number of alkyl halides is 3. The molecule has 26 heavy (non-hydrogen) atoms. The molecule has 1 aromatic carbocycles. The first-order valence-electron chi connectivity index (χ1n) is 8.49. The average Bonchev–Trinajstić information content (AvgIpc) is 2.81. The van der Waals surface area contributed by atoms with Crippen LogP contribution in [0, 0.1) is 6.92 Å². The SMILES string of the molecule is Cc1ccc(C(C(=O)N2CCCN(C(=O)C(F)(F)F)CC2)N(C)C)cc1. The number of carbonyl (C=O) groups excluding carboxylic acids is 2. The van der Waals surface area contributed by atoms with Gasteiger partial charge in [-0.25, -0.2) is 0 Å². The lowest BCUT2D eigenvalue weighted by Gasteiger charge is -2.30. The molecule has 0 N–H and O–H groups in total. The Labute approximate surface area is 151 Å². The van der Waals surface area contributed by atoms with E-state index in [-0.39, 0.29) is 25.5 Å². The zero-order valence-electron chi connectivity index (χ0n) is 15.2. The van der Waals surface area contributed by atoms with Crippen molar-refractivity contribution in [2.75, 3.05) is 40.3 Å². The van der Waals surface area contributed by atoms with Gasteiger partial charge >= 0.3 is 12.1 Å². The van der Waals surface area contributed by atoms with Gasteiger partial charge in [0.1, 0.15) is 6.04 Å². The smallest absolute Gasteiger partial charge is 0.339 e. The van der Waals surface area contributed by atoms with Gasteiger partial charge in [0.25, 0.3) is 0 Å². The van der Waals surface area contributed by atoms with Crippen molar-refractivity contribution in [1.82, 2.24) is 14.7 Å². The summed E-state index contributed by atoms with van der Waals surface area (Å²) in [5.41, 5.74) is 1.91. The molecular formula is C18H24F3N3O2. The van der Waals surface area contributed by atoms with E-state index < -0.39 is 18.1 Å². The number of nitrogens with zero attached hydrogens (tertiary/aromatic N) is 3. The fourth-order valence-electron chi connectivity index (χ4n) is 3.10. The summed E-state index contributed by atoms with van der Waals surface area (Å²) < 4.78 is 37.9. The van der Waals surface area contributed by atoms with Gasteiger partial charge in [-0.1, -0.05) is 29.8 Å². The van der Waals surface area contributed by atoms with Crippen LogP contribution in [0.1, 0.15) is 23.6 Å². The molecule has 8 heteroatoms. The summed E-state index contributed by atoms with van der Waals surface area (Å²) in [5, 5.41) is 0. The normalized spacial score (nSPS) is 17.2. The van der Waals surface area contributed by atoms with Crippen LogP contribution in [-0.2, 0) is 9.59 Å². The van der Waals surface area contributed by atoms with Gasteiger partial charge in [0.15, 0.2) is 0 Å². The molecule has 1 atom stereocenters. The minimum atomic E-state index is -4.88. The van der Waals surface area contributed by atoms with Crippen molar-refractivity contribution < 1.29 is 22.8 Å². The number of halogens is 3. The van der Waals surface area contributed by atoms with Crippen molar-refractivity contribution in [2.45, 2.75) is 25.6 Å². The Bertz CT molecular complexity index is 644. The van der Waals surface area contributed by atoms with Crippen LogP contribution in [0.5, 0.6) is 0 Å². The van der Waals surface area contributed by atoms with E-state index in [1.165, 1.54) is 0 Å². The summed E-state index contributed by atoms with van der Waals surface area (Å²) in [6.07, 6.45) is -4.56. The Morgan fingerprint density at radius 1 is 1.00 bits per heavy atom. The Morgan fingerprint density at radius 2 is 1.54 bits per heavy atom. The van der Waals surface area contributed by atoms with Gasteiger partial charge in [0.05, 0.1) is 0 Å². The molecule has 2 rings (SSSR count). The van der Waals surface area contributed by atoms with Crippen LogP contribution in [0.25, 0.3) is 0 Å². The van der Waals surface area contributed by atoms with Crippen LogP contribution < -0.4 is 0 Å². The lowest BCUT2D eigenvalue weighted by molar-refractivity contribution is -0.185. The van der Waals surface area contributed by atoms with Crippen molar-refractivity contribution in [3.8, 4) is 0 Å². The molecule has 5 nitrogen and oxygen atoms in total. The second kappa shape index (κ2) is 8.07. The molecule has 1 fully saturated rings. The van der Waals surface area contributed by atoms with Gasteiger partial charge in [-0.15, -0.1) is 0 Å². The van der Waals surface area contributed by atoms with Crippen LogP contribution in [0.15, 0.2) is 24.3 Å². The van der Waals surface area contributed by atoms with E-state index in [0.717, 1.165) is 16.0 Å². The molecule has 1 aliphatic heterocycles. The van der Waals surface area contributed by atoms with Crippen LogP contribution in [-0.4, -0.2) is 73.0 Å². The summed E-state index contributed by atoms with van der Waals surface area (Å²) in [7, 11) is 3.58. The number of amides is 2. The second-order valence-corrected chi connectivity index (χ2v) is 6.75. The monoisotopic (exact) mass is 371 g/mol. The quantitative estimate of drug-likeness (QED) is 0.818. The van der Waals surface area contributed by atoms with Crippen molar-refractivity contribution >= 4 is 11.8 Å². The number of carbonyl (C=O) groups is 2. The molecule has 1 heterocycles. The van der Waals surface area contributed by atoms with Crippen molar-refractivity contribution in [3.63, 3.8) is 0 Å². The maximum absolute atomic E-state index is 13.0. The number of hydrogen-bond donors (Lipinski definition) is 0. The van der Waals surface area contributed by atoms with E-state index in [1.54, 1.807) is 23.9 Å². The summed E-state index contributed by atoms with van der Waals surface area (Å²) in [6.45, 7) is 2.27. The number of hydrogen-bond acceptors (Lipinski definition) is 3. The predicted octanol–water partition coefficient (Wildman–Crippen LogP) is 2.22. The highest BCUT2D eigenvalue weighted by Crippen LogP contribution is 2.24. The molecule has 0 aliphatic carbocycles. The van der Waals surface area contributed by atoms with Crippen LogP contribution in [0.2, 0.25) is 0 Å². The highest BCUT2D eigenvalue weighted by molar-refractivity contribution is 5.84. The Balaban J connectivity index is 2.12. The van der Waals surface area contributed by atoms with Gasteiger partial charge in [0, 0.05) is 26.2 Å². The number of aryl methyl sites for hydroxylation is 1. The van der Waals surface area contributed by atoms with Gasteiger partial charge in [0.2, 0.25) is 5.91 Å². The van der Waals surface area contributed by atoms with Gasteiger partial charge in [-0.3, -0.25) is 14.5 Å². The third kappa shape index (κ3) is 4.75. The Hall–Kier alpha value is -2.09. The molecule has 2 amide bonds. The van der Waals surface area contributed by atoms with Crippen LogP contribution in [0.4, 0.5) is 13.2 Å². The Morgan fingerprint density at radius 3 is 2.08 bits per heavy atom. The molecule has 0 spiro atoms. The maximum Gasteiger partial charge on any atom is 0.471 e. The van der Waals surface area contributed by atoms with Crippen LogP contribution in [0.3, 0.4) is 0 Å². The third-order valence-electron chi connectivity index (χ3n) is 4.48. The summed E-state index contributed by atoms with van der Waals surface area (Å²) in [5.74, 6) is -2.00. The van der Waals surface area contributed by atoms with Gasteiger partial charge < -0.3 is 9.80 Å². The van der Waals surface area contributed by atoms with Crippen molar-refractivity contribution in [1.29, 1.82) is 0 Å². The largest absolute Gasteiger partial charge is 0.471 e. The highest BCUT2D eigenvalue weighted by atomic mass is 19.4. The molecule has 0 aromatic heterocycles.